The van der Waals surface area contributed by atoms with Crippen molar-refractivity contribution in [3.05, 3.63) is 70.2 Å². The maximum absolute atomic E-state index is 13.1. The molecule has 1 amide bonds. The van der Waals surface area contributed by atoms with Crippen molar-refractivity contribution in [3.63, 3.8) is 0 Å². The van der Waals surface area contributed by atoms with Gasteiger partial charge in [0.15, 0.2) is 0 Å². The van der Waals surface area contributed by atoms with Crippen molar-refractivity contribution in [1.29, 1.82) is 0 Å². The first-order valence-corrected chi connectivity index (χ1v) is 8.30. The SMILES string of the molecule is CN(Cc1ccc(Cl)cc1)C(=O)C1CC1c1ccccc1C(F)(F)F. The van der Waals surface area contributed by atoms with Gasteiger partial charge in [0.25, 0.3) is 0 Å². The zero-order valence-corrected chi connectivity index (χ0v) is 14.3. The lowest BCUT2D eigenvalue weighted by Gasteiger charge is -2.18. The highest BCUT2D eigenvalue weighted by Crippen LogP contribution is 2.51. The quantitative estimate of drug-likeness (QED) is 0.734. The monoisotopic (exact) mass is 367 g/mol. The second-order valence-electron chi connectivity index (χ2n) is 6.35. The van der Waals surface area contributed by atoms with Crippen LogP contribution in [0.1, 0.15) is 29.0 Å². The van der Waals surface area contributed by atoms with Gasteiger partial charge in [-0.3, -0.25) is 4.79 Å². The Hall–Kier alpha value is -2.01. The normalized spacial score (nSPS) is 19.6. The molecular formula is C19H17ClF3NO. The summed E-state index contributed by atoms with van der Waals surface area (Å²) in [6.45, 7) is 0.403. The molecule has 0 saturated heterocycles. The summed E-state index contributed by atoms with van der Waals surface area (Å²) in [6.07, 6.45) is -3.95. The van der Waals surface area contributed by atoms with Crippen molar-refractivity contribution < 1.29 is 18.0 Å². The van der Waals surface area contributed by atoms with Gasteiger partial charge < -0.3 is 4.90 Å². The van der Waals surface area contributed by atoms with Crippen LogP contribution in [0.3, 0.4) is 0 Å². The van der Waals surface area contributed by atoms with Crippen molar-refractivity contribution in [2.24, 2.45) is 5.92 Å². The molecule has 0 heterocycles. The maximum Gasteiger partial charge on any atom is 0.416 e. The molecular weight excluding hydrogens is 351 g/mol. The van der Waals surface area contributed by atoms with Crippen LogP contribution < -0.4 is 0 Å². The van der Waals surface area contributed by atoms with Crippen LogP contribution in [0.5, 0.6) is 0 Å². The van der Waals surface area contributed by atoms with E-state index in [-0.39, 0.29) is 23.3 Å². The van der Waals surface area contributed by atoms with Gasteiger partial charge in [-0.1, -0.05) is 41.9 Å². The average molecular weight is 368 g/mol. The van der Waals surface area contributed by atoms with Crippen LogP contribution in [0.2, 0.25) is 5.02 Å². The minimum Gasteiger partial charge on any atom is -0.341 e. The van der Waals surface area contributed by atoms with Crippen LogP contribution in [-0.4, -0.2) is 17.9 Å². The van der Waals surface area contributed by atoms with Gasteiger partial charge in [-0.2, -0.15) is 13.2 Å². The number of benzene rings is 2. The zero-order chi connectivity index (χ0) is 18.2. The largest absolute Gasteiger partial charge is 0.416 e. The Balaban J connectivity index is 1.69. The Labute approximate surface area is 149 Å². The van der Waals surface area contributed by atoms with Gasteiger partial charge in [-0.05, 0) is 41.7 Å². The third kappa shape index (κ3) is 3.98. The number of alkyl halides is 3. The number of hydrogen-bond acceptors (Lipinski definition) is 1. The minimum atomic E-state index is -4.40. The van der Waals surface area contributed by atoms with Gasteiger partial charge in [0, 0.05) is 24.5 Å². The van der Waals surface area contributed by atoms with Crippen LogP contribution in [0, 0.1) is 5.92 Å². The van der Waals surface area contributed by atoms with Crippen molar-refractivity contribution in [1.82, 2.24) is 4.90 Å². The third-order valence-corrected chi connectivity index (χ3v) is 4.73. The van der Waals surface area contributed by atoms with Crippen LogP contribution in [-0.2, 0) is 17.5 Å². The Kier molecular flexibility index (Phi) is 4.78. The molecule has 0 spiro atoms. The number of nitrogens with zero attached hydrogens (tertiary/aromatic N) is 1. The summed E-state index contributed by atoms with van der Waals surface area (Å²) in [4.78, 5) is 14.1. The van der Waals surface area contributed by atoms with E-state index in [1.54, 1.807) is 30.1 Å². The molecule has 1 saturated carbocycles. The Bertz CT molecular complexity index is 773. The molecule has 2 aromatic rings. The lowest BCUT2D eigenvalue weighted by atomic mass is 10.0. The average Bonchev–Trinajstić information content (AvgIpc) is 3.36. The standard InChI is InChI=1S/C19H17ClF3NO/c1-24(11-12-6-8-13(20)9-7-12)18(25)16-10-15(16)14-4-2-3-5-17(14)19(21,22)23/h2-9,15-16H,10-11H2,1H3. The number of hydrogen-bond donors (Lipinski definition) is 0. The Morgan fingerprint density at radius 1 is 1.16 bits per heavy atom. The summed E-state index contributed by atoms with van der Waals surface area (Å²) in [7, 11) is 1.67. The molecule has 0 aliphatic heterocycles. The van der Waals surface area contributed by atoms with Crippen molar-refractivity contribution in [2.45, 2.75) is 25.1 Å². The first kappa shape index (κ1) is 17.8. The van der Waals surface area contributed by atoms with Gasteiger partial charge in [-0.25, -0.2) is 0 Å². The van der Waals surface area contributed by atoms with Gasteiger partial charge in [0.2, 0.25) is 5.91 Å². The summed E-state index contributed by atoms with van der Waals surface area (Å²) in [5.41, 5.74) is 0.497. The molecule has 0 N–H and O–H groups in total. The molecule has 0 aromatic heterocycles. The highest BCUT2D eigenvalue weighted by molar-refractivity contribution is 6.30. The lowest BCUT2D eigenvalue weighted by molar-refractivity contribution is -0.138. The topological polar surface area (TPSA) is 20.3 Å². The smallest absolute Gasteiger partial charge is 0.341 e. The molecule has 0 bridgehead atoms. The fourth-order valence-corrected chi connectivity index (χ4v) is 3.24. The molecule has 3 rings (SSSR count). The first-order valence-electron chi connectivity index (χ1n) is 7.93. The summed E-state index contributed by atoms with van der Waals surface area (Å²) in [6, 6.07) is 12.7. The Morgan fingerprint density at radius 3 is 2.44 bits per heavy atom. The van der Waals surface area contributed by atoms with E-state index in [0.29, 0.717) is 18.0 Å². The number of amides is 1. The highest BCUT2D eigenvalue weighted by atomic mass is 35.5. The van der Waals surface area contributed by atoms with Crippen LogP contribution >= 0.6 is 11.6 Å². The molecule has 2 nitrogen and oxygen atoms in total. The first-order chi connectivity index (χ1) is 11.8. The van der Waals surface area contributed by atoms with E-state index < -0.39 is 11.7 Å². The summed E-state index contributed by atoms with van der Waals surface area (Å²) in [5, 5.41) is 0.615. The van der Waals surface area contributed by atoms with E-state index in [2.05, 4.69) is 0 Å². The van der Waals surface area contributed by atoms with E-state index in [9.17, 15) is 18.0 Å². The lowest BCUT2D eigenvalue weighted by Crippen LogP contribution is -2.28. The molecule has 1 fully saturated rings. The fourth-order valence-electron chi connectivity index (χ4n) is 3.11. The molecule has 1 aliphatic carbocycles. The van der Waals surface area contributed by atoms with Crippen molar-refractivity contribution in [3.8, 4) is 0 Å². The second kappa shape index (κ2) is 6.71. The molecule has 2 unspecified atom stereocenters. The zero-order valence-electron chi connectivity index (χ0n) is 13.6. The van der Waals surface area contributed by atoms with Crippen LogP contribution in [0.25, 0.3) is 0 Å². The molecule has 6 heteroatoms. The number of carbonyl (C=O) groups excluding carboxylic acids is 1. The maximum atomic E-state index is 13.1. The van der Waals surface area contributed by atoms with Crippen molar-refractivity contribution in [2.75, 3.05) is 7.05 Å². The molecule has 25 heavy (non-hydrogen) atoms. The summed E-state index contributed by atoms with van der Waals surface area (Å²) >= 11 is 5.84. The van der Waals surface area contributed by atoms with E-state index in [0.717, 1.165) is 11.6 Å². The minimum absolute atomic E-state index is 0.128. The summed E-state index contributed by atoms with van der Waals surface area (Å²) in [5.74, 6) is -0.879. The Morgan fingerprint density at radius 2 is 1.80 bits per heavy atom. The molecule has 2 aromatic carbocycles. The van der Waals surface area contributed by atoms with Gasteiger partial charge in [0.1, 0.15) is 0 Å². The number of halogens is 4. The van der Waals surface area contributed by atoms with Crippen LogP contribution in [0.4, 0.5) is 13.2 Å². The fraction of sp³-hybridized carbons (Fsp3) is 0.316. The summed E-state index contributed by atoms with van der Waals surface area (Å²) < 4.78 is 39.4. The van der Waals surface area contributed by atoms with Crippen molar-refractivity contribution >= 4 is 17.5 Å². The molecule has 132 valence electrons. The van der Waals surface area contributed by atoms with Gasteiger partial charge in [-0.15, -0.1) is 0 Å². The molecule has 2 atom stereocenters. The predicted molar refractivity (Wildman–Crippen MR) is 90.2 cm³/mol. The number of carbonyl (C=O) groups is 1. The van der Waals surface area contributed by atoms with E-state index in [4.69, 9.17) is 11.6 Å². The third-order valence-electron chi connectivity index (χ3n) is 4.48. The van der Waals surface area contributed by atoms with Gasteiger partial charge in [0.05, 0.1) is 5.56 Å². The van der Waals surface area contributed by atoms with E-state index in [1.165, 1.54) is 12.1 Å². The second-order valence-corrected chi connectivity index (χ2v) is 6.79. The van der Waals surface area contributed by atoms with E-state index >= 15 is 0 Å². The van der Waals surface area contributed by atoms with Crippen LogP contribution in [0.15, 0.2) is 48.5 Å². The molecule has 1 aliphatic rings. The number of rotatable bonds is 4. The predicted octanol–water partition coefficient (Wildman–Crippen LogP) is 5.12. The van der Waals surface area contributed by atoms with Gasteiger partial charge >= 0.3 is 6.18 Å². The highest BCUT2D eigenvalue weighted by Gasteiger charge is 2.48. The van der Waals surface area contributed by atoms with E-state index in [1.807, 2.05) is 12.1 Å². The molecule has 0 radical (unpaired) electrons.